The molecule has 2 N–H and O–H groups in total. The fourth-order valence-corrected chi connectivity index (χ4v) is 2.46. The number of nitrogens with zero attached hydrogens (tertiary/aromatic N) is 3. The molecule has 2 aromatic rings. The van der Waals surface area contributed by atoms with E-state index in [4.69, 9.17) is 18.0 Å². The molecule has 0 aliphatic carbocycles. The first kappa shape index (κ1) is 12.8. The average molecular weight is 286 g/mol. The predicted molar refractivity (Wildman–Crippen MR) is 79.3 cm³/mol. The smallest absolute Gasteiger partial charge is 0.254 e. The zero-order valence-corrected chi connectivity index (χ0v) is 11.6. The zero-order valence-electron chi connectivity index (χ0n) is 10.8. The monoisotopic (exact) mass is 286 g/mol. The summed E-state index contributed by atoms with van der Waals surface area (Å²) in [4.78, 5) is 18.9. The second-order valence-corrected chi connectivity index (χ2v) is 5.15. The van der Waals surface area contributed by atoms with E-state index in [1.165, 1.54) is 0 Å². The minimum atomic E-state index is -0.0163. The van der Waals surface area contributed by atoms with E-state index in [-0.39, 0.29) is 5.91 Å². The Balaban J connectivity index is 1.83. The van der Waals surface area contributed by atoms with E-state index in [2.05, 4.69) is 9.55 Å². The number of rotatable bonds is 2. The van der Waals surface area contributed by atoms with Gasteiger partial charge in [-0.3, -0.25) is 4.79 Å². The quantitative estimate of drug-likeness (QED) is 0.842. The van der Waals surface area contributed by atoms with Crippen molar-refractivity contribution in [1.82, 2.24) is 14.5 Å². The van der Waals surface area contributed by atoms with Crippen LogP contribution in [0.2, 0.25) is 0 Å². The van der Waals surface area contributed by atoms with Gasteiger partial charge in [-0.1, -0.05) is 24.4 Å². The highest BCUT2D eigenvalue weighted by atomic mass is 32.1. The highest BCUT2D eigenvalue weighted by molar-refractivity contribution is 7.80. The van der Waals surface area contributed by atoms with Crippen LogP contribution in [0.25, 0.3) is 0 Å². The molecule has 1 aromatic carbocycles. The van der Waals surface area contributed by atoms with Gasteiger partial charge in [0.25, 0.3) is 5.91 Å². The molecule has 2 heterocycles. The second-order valence-electron chi connectivity index (χ2n) is 4.71. The summed E-state index contributed by atoms with van der Waals surface area (Å²) in [6.07, 6.45) is 3.70. The molecule has 1 amide bonds. The summed E-state index contributed by atoms with van der Waals surface area (Å²) in [6.45, 7) is 1.98. The molecule has 20 heavy (non-hydrogen) atoms. The summed E-state index contributed by atoms with van der Waals surface area (Å²) < 4.78 is 2.06. The lowest BCUT2D eigenvalue weighted by atomic mass is 10.1. The maximum Gasteiger partial charge on any atom is 0.254 e. The number of carbonyl (C=O) groups is 1. The van der Waals surface area contributed by atoms with Crippen LogP contribution in [0.1, 0.15) is 21.7 Å². The van der Waals surface area contributed by atoms with Crippen molar-refractivity contribution in [3.05, 3.63) is 53.6 Å². The molecule has 1 aromatic heterocycles. The summed E-state index contributed by atoms with van der Waals surface area (Å²) >= 11 is 4.94. The number of amides is 1. The highest BCUT2D eigenvalue weighted by Gasteiger charge is 2.22. The molecule has 0 spiro atoms. The van der Waals surface area contributed by atoms with Crippen LogP contribution >= 0.6 is 12.2 Å². The Labute approximate surface area is 122 Å². The van der Waals surface area contributed by atoms with Crippen molar-refractivity contribution in [2.24, 2.45) is 5.73 Å². The van der Waals surface area contributed by atoms with Gasteiger partial charge in [0.15, 0.2) is 0 Å². The Morgan fingerprint density at radius 3 is 2.90 bits per heavy atom. The number of benzene rings is 1. The van der Waals surface area contributed by atoms with Crippen LogP contribution in [0.3, 0.4) is 0 Å². The van der Waals surface area contributed by atoms with Gasteiger partial charge in [0.05, 0.1) is 6.54 Å². The Bertz CT molecular complexity index is 679. The molecule has 102 valence electrons. The third kappa shape index (κ3) is 2.30. The second kappa shape index (κ2) is 5.05. The largest absolute Gasteiger partial charge is 0.389 e. The third-order valence-corrected chi connectivity index (χ3v) is 3.66. The molecule has 3 rings (SSSR count). The van der Waals surface area contributed by atoms with Gasteiger partial charge in [-0.05, 0) is 12.1 Å². The van der Waals surface area contributed by atoms with Crippen molar-refractivity contribution in [2.45, 2.75) is 13.1 Å². The summed E-state index contributed by atoms with van der Waals surface area (Å²) in [5, 5.41) is 0. The van der Waals surface area contributed by atoms with Crippen molar-refractivity contribution in [3.8, 4) is 0 Å². The van der Waals surface area contributed by atoms with Crippen molar-refractivity contribution in [2.75, 3.05) is 6.54 Å². The maximum absolute atomic E-state index is 12.5. The lowest BCUT2D eigenvalue weighted by Crippen LogP contribution is -2.38. The first-order chi connectivity index (χ1) is 9.65. The predicted octanol–water partition coefficient (Wildman–Crippen LogP) is 1.17. The number of imidazole rings is 1. The molecule has 0 saturated carbocycles. The Kier molecular flexibility index (Phi) is 3.23. The van der Waals surface area contributed by atoms with E-state index in [0.29, 0.717) is 29.2 Å². The van der Waals surface area contributed by atoms with Gasteiger partial charge in [0.1, 0.15) is 10.8 Å². The number of fused-ring (bicyclic) bond motifs is 1. The Hall–Kier alpha value is -2.21. The lowest BCUT2D eigenvalue weighted by molar-refractivity contribution is 0.0707. The van der Waals surface area contributed by atoms with Crippen LogP contribution in [-0.4, -0.2) is 31.9 Å². The molecule has 6 heteroatoms. The van der Waals surface area contributed by atoms with Crippen LogP contribution in [0, 0.1) is 0 Å². The third-order valence-electron chi connectivity index (χ3n) is 3.43. The number of aromatic nitrogens is 2. The van der Waals surface area contributed by atoms with Crippen LogP contribution in [0.5, 0.6) is 0 Å². The van der Waals surface area contributed by atoms with Gasteiger partial charge in [0.2, 0.25) is 0 Å². The SMILES string of the molecule is NC(=S)c1cccc(C(=O)N2CCn3ccnc3C2)c1. The van der Waals surface area contributed by atoms with Gasteiger partial charge in [-0.15, -0.1) is 0 Å². The molecule has 0 bridgehead atoms. The molecule has 0 unspecified atom stereocenters. The van der Waals surface area contributed by atoms with Crippen LogP contribution < -0.4 is 5.73 Å². The molecule has 0 atom stereocenters. The van der Waals surface area contributed by atoms with E-state index < -0.39 is 0 Å². The topological polar surface area (TPSA) is 64.2 Å². The standard InChI is InChI=1S/C14H14N4OS/c15-13(20)10-2-1-3-11(8-10)14(19)18-7-6-17-5-4-16-12(17)9-18/h1-5,8H,6-7,9H2,(H2,15,20). The summed E-state index contributed by atoms with van der Waals surface area (Å²) in [5.74, 6) is 0.896. The number of carbonyl (C=O) groups excluding carboxylic acids is 1. The number of hydrogen-bond donors (Lipinski definition) is 1. The van der Waals surface area contributed by atoms with Gasteiger partial charge in [0, 0.05) is 36.6 Å². The summed E-state index contributed by atoms with van der Waals surface area (Å²) in [5.41, 5.74) is 6.92. The summed E-state index contributed by atoms with van der Waals surface area (Å²) in [6, 6.07) is 7.13. The lowest BCUT2D eigenvalue weighted by Gasteiger charge is -2.27. The van der Waals surface area contributed by atoms with Gasteiger partial charge >= 0.3 is 0 Å². The van der Waals surface area contributed by atoms with Crippen LogP contribution in [0.15, 0.2) is 36.7 Å². The fourth-order valence-electron chi connectivity index (χ4n) is 2.33. The molecule has 1 aliphatic rings. The molecular weight excluding hydrogens is 272 g/mol. The number of thiocarbonyl (C=S) groups is 1. The van der Waals surface area contributed by atoms with Gasteiger partial charge < -0.3 is 15.2 Å². The average Bonchev–Trinajstić information content (AvgIpc) is 2.94. The van der Waals surface area contributed by atoms with Crippen LogP contribution in [-0.2, 0) is 13.1 Å². The number of hydrogen-bond acceptors (Lipinski definition) is 3. The van der Waals surface area contributed by atoms with E-state index in [0.717, 1.165) is 12.4 Å². The van der Waals surface area contributed by atoms with Crippen LogP contribution in [0.4, 0.5) is 0 Å². The van der Waals surface area contributed by atoms with E-state index in [9.17, 15) is 4.79 Å². The molecule has 5 nitrogen and oxygen atoms in total. The molecule has 0 radical (unpaired) electrons. The first-order valence-electron chi connectivity index (χ1n) is 6.34. The molecule has 1 aliphatic heterocycles. The highest BCUT2D eigenvalue weighted by Crippen LogP contribution is 2.15. The minimum Gasteiger partial charge on any atom is -0.389 e. The van der Waals surface area contributed by atoms with Crippen molar-refractivity contribution >= 4 is 23.1 Å². The van der Waals surface area contributed by atoms with E-state index in [1.807, 2.05) is 12.3 Å². The Morgan fingerprint density at radius 2 is 2.10 bits per heavy atom. The fraction of sp³-hybridized carbons (Fsp3) is 0.214. The molecule has 0 fully saturated rings. The van der Waals surface area contributed by atoms with Crippen molar-refractivity contribution in [1.29, 1.82) is 0 Å². The molecule has 0 saturated heterocycles. The summed E-state index contributed by atoms with van der Waals surface area (Å²) in [7, 11) is 0. The van der Waals surface area contributed by atoms with Gasteiger partial charge in [-0.2, -0.15) is 0 Å². The van der Waals surface area contributed by atoms with Crippen molar-refractivity contribution < 1.29 is 4.79 Å². The zero-order chi connectivity index (χ0) is 14.1. The maximum atomic E-state index is 12.5. The minimum absolute atomic E-state index is 0.0163. The van der Waals surface area contributed by atoms with E-state index >= 15 is 0 Å². The number of nitrogens with two attached hydrogens (primary N) is 1. The normalized spacial score (nSPS) is 13.9. The van der Waals surface area contributed by atoms with Crippen molar-refractivity contribution in [3.63, 3.8) is 0 Å². The first-order valence-corrected chi connectivity index (χ1v) is 6.75. The van der Waals surface area contributed by atoms with E-state index in [1.54, 1.807) is 29.3 Å². The Morgan fingerprint density at radius 1 is 1.30 bits per heavy atom. The molecular formula is C14H14N4OS. The van der Waals surface area contributed by atoms with Gasteiger partial charge in [-0.25, -0.2) is 4.98 Å².